The SMILES string of the molecule is O=c1[nH]c(-c2cccnc2)nc2c1CN(Cc1cc(O)ccc1O)CC2. The molecule has 0 aliphatic carbocycles. The average Bonchev–Trinajstić information content (AvgIpc) is 2.66. The fraction of sp³-hybridized carbons (Fsp3) is 0.211. The summed E-state index contributed by atoms with van der Waals surface area (Å²) >= 11 is 0. The van der Waals surface area contributed by atoms with Crippen LogP contribution in [0.3, 0.4) is 0 Å². The van der Waals surface area contributed by atoms with Crippen LogP contribution in [0.5, 0.6) is 11.5 Å². The van der Waals surface area contributed by atoms with Crippen molar-refractivity contribution in [2.45, 2.75) is 19.5 Å². The van der Waals surface area contributed by atoms with Gasteiger partial charge in [-0.2, -0.15) is 0 Å². The number of nitrogens with one attached hydrogen (secondary N) is 1. The minimum atomic E-state index is -0.154. The van der Waals surface area contributed by atoms with Crippen molar-refractivity contribution in [2.24, 2.45) is 0 Å². The van der Waals surface area contributed by atoms with E-state index in [9.17, 15) is 15.0 Å². The number of aromatic nitrogens is 3. The Hall–Kier alpha value is -3.19. The Kier molecular flexibility index (Phi) is 4.14. The molecule has 0 bridgehead atoms. The molecular formula is C19H18N4O3. The van der Waals surface area contributed by atoms with Crippen LogP contribution < -0.4 is 5.56 Å². The van der Waals surface area contributed by atoms with Crippen LogP contribution in [0, 0.1) is 0 Å². The first kappa shape index (κ1) is 16.3. The maximum atomic E-state index is 12.5. The molecule has 0 radical (unpaired) electrons. The molecule has 0 saturated carbocycles. The number of H-pyrrole nitrogens is 1. The Morgan fingerprint density at radius 1 is 1.23 bits per heavy atom. The lowest BCUT2D eigenvalue weighted by molar-refractivity contribution is 0.238. The van der Waals surface area contributed by atoms with Crippen LogP contribution in [0.15, 0.2) is 47.5 Å². The molecule has 1 aliphatic heterocycles. The largest absolute Gasteiger partial charge is 0.508 e. The maximum Gasteiger partial charge on any atom is 0.255 e. The lowest BCUT2D eigenvalue weighted by Crippen LogP contribution is -2.35. The van der Waals surface area contributed by atoms with Gasteiger partial charge in [0.2, 0.25) is 0 Å². The van der Waals surface area contributed by atoms with Crippen LogP contribution in [0.2, 0.25) is 0 Å². The quantitative estimate of drug-likeness (QED) is 0.623. The average molecular weight is 350 g/mol. The lowest BCUT2D eigenvalue weighted by atomic mass is 10.1. The molecule has 2 aromatic heterocycles. The number of nitrogens with zero attached hydrogens (tertiary/aromatic N) is 3. The lowest BCUT2D eigenvalue weighted by Gasteiger charge is -2.28. The zero-order valence-corrected chi connectivity index (χ0v) is 14.0. The molecule has 0 amide bonds. The molecule has 0 fully saturated rings. The molecule has 7 nitrogen and oxygen atoms in total. The second-order valence-electron chi connectivity index (χ2n) is 6.36. The highest BCUT2D eigenvalue weighted by Gasteiger charge is 2.22. The van der Waals surface area contributed by atoms with Crippen LogP contribution in [-0.4, -0.2) is 36.6 Å². The van der Waals surface area contributed by atoms with Gasteiger partial charge in [0.15, 0.2) is 0 Å². The van der Waals surface area contributed by atoms with E-state index in [-0.39, 0.29) is 17.1 Å². The zero-order chi connectivity index (χ0) is 18.1. The van der Waals surface area contributed by atoms with Gasteiger partial charge in [0, 0.05) is 49.6 Å². The van der Waals surface area contributed by atoms with Crippen molar-refractivity contribution >= 4 is 0 Å². The number of phenolic OH excluding ortho intramolecular Hbond substituents is 2. The van der Waals surface area contributed by atoms with E-state index in [1.807, 2.05) is 6.07 Å². The highest BCUT2D eigenvalue weighted by Crippen LogP contribution is 2.25. The summed E-state index contributed by atoms with van der Waals surface area (Å²) in [6.07, 6.45) is 3.99. The van der Waals surface area contributed by atoms with Gasteiger partial charge in [0.05, 0.1) is 11.3 Å². The van der Waals surface area contributed by atoms with Crippen molar-refractivity contribution < 1.29 is 10.2 Å². The topological polar surface area (TPSA) is 102 Å². The van der Waals surface area contributed by atoms with Gasteiger partial charge in [-0.1, -0.05) is 0 Å². The Labute approximate surface area is 149 Å². The smallest absolute Gasteiger partial charge is 0.255 e. The Bertz CT molecular complexity index is 1000. The predicted octanol–water partition coefficient (Wildman–Crippen LogP) is 1.80. The van der Waals surface area contributed by atoms with Crippen LogP contribution >= 0.6 is 0 Å². The van der Waals surface area contributed by atoms with Gasteiger partial charge in [0.25, 0.3) is 5.56 Å². The van der Waals surface area contributed by atoms with Gasteiger partial charge in [-0.3, -0.25) is 14.7 Å². The minimum absolute atomic E-state index is 0.107. The summed E-state index contributed by atoms with van der Waals surface area (Å²) in [5, 5.41) is 19.6. The van der Waals surface area contributed by atoms with E-state index >= 15 is 0 Å². The fourth-order valence-corrected chi connectivity index (χ4v) is 3.19. The van der Waals surface area contributed by atoms with Crippen molar-refractivity contribution in [1.29, 1.82) is 0 Å². The first-order valence-electron chi connectivity index (χ1n) is 8.36. The molecule has 3 aromatic rings. The molecule has 0 saturated heterocycles. The van der Waals surface area contributed by atoms with E-state index < -0.39 is 0 Å². The van der Waals surface area contributed by atoms with Gasteiger partial charge in [-0.15, -0.1) is 0 Å². The van der Waals surface area contributed by atoms with Crippen LogP contribution in [0.25, 0.3) is 11.4 Å². The molecule has 26 heavy (non-hydrogen) atoms. The second kappa shape index (κ2) is 6.61. The Morgan fingerprint density at radius 3 is 2.92 bits per heavy atom. The number of fused-ring (bicyclic) bond motifs is 1. The molecule has 3 N–H and O–H groups in total. The first-order chi connectivity index (χ1) is 12.6. The number of rotatable bonds is 3. The van der Waals surface area contributed by atoms with Gasteiger partial charge in [0.1, 0.15) is 17.3 Å². The van der Waals surface area contributed by atoms with E-state index in [0.29, 0.717) is 43.0 Å². The van der Waals surface area contributed by atoms with Crippen molar-refractivity contribution in [3.63, 3.8) is 0 Å². The number of phenols is 2. The number of benzene rings is 1. The molecular weight excluding hydrogens is 332 g/mol. The molecule has 1 aliphatic rings. The summed E-state index contributed by atoms with van der Waals surface area (Å²) in [7, 11) is 0. The van der Waals surface area contributed by atoms with Gasteiger partial charge < -0.3 is 15.2 Å². The zero-order valence-electron chi connectivity index (χ0n) is 14.0. The standard InChI is InChI=1S/C19H18N4O3/c24-14-3-4-17(25)13(8-14)10-23-7-5-16-15(11-23)19(26)22-18(21-16)12-2-1-6-20-9-12/h1-4,6,8-9,24-25H,5,7,10-11H2,(H,21,22,26). The molecule has 0 atom stereocenters. The van der Waals surface area contributed by atoms with E-state index in [1.54, 1.807) is 24.5 Å². The molecule has 0 spiro atoms. The third-order valence-corrected chi connectivity index (χ3v) is 4.54. The predicted molar refractivity (Wildman–Crippen MR) is 95.7 cm³/mol. The number of pyridine rings is 1. The van der Waals surface area contributed by atoms with Crippen molar-refractivity contribution in [1.82, 2.24) is 19.9 Å². The van der Waals surface area contributed by atoms with E-state index in [2.05, 4.69) is 19.9 Å². The van der Waals surface area contributed by atoms with E-state index in [1.165, 1.54) is 12.1 Å². The van der Waals surface area contributed by atoms with Gasteiger partial charge in [-0.05, 0) is 30.3 Å². The normalized spacial score (nSPS) is 14.2. The summed E-state index contributed by atoms with van der Waals surface area (Å²) in [6, 6.07) is 8.12. The molecule has 7 heteroatoms. The molecule has 132 valence electrons. The van der Waals surface area contributed by atoms with Crippen LogP contribution in [-0.2, 0) is 19.5 Å². The summed E-state index contributed by atoms with van der Waals surface area (Å²) in [6.45, 7) is 1.61. The third-order valence-electron chi connectivity index (χ3n) is 4.54. The van der Waals surface area contributed by atoms with Crippen LogP contribution in [0.1, 0.15) is 16.8 Å². The maximum absolute atomic E-state index is 12.5. The first-order valence-corrected chi connectivity index (χ1v) is 8.36. The second-order valence-corrected chi connectivity index (χ2v) is 6.36. The summed E-state index contributed by atoms with van der Waals surface area (Å²) in [5.41, 5.74) is 2.69. The number of hydrogen-bond acceptors (Lipinski definition) is 6. The number of aromatic hydroxyl groups is 2. The Morgan fingerprint density at radius 2 is 2.12 bits per heavy atom. The van der Waals surface area contributed by atoms with Gasteiger partial charge >= 0.3 is 0 Å². The van der Waals surface area contributed by atoms with Crippen molar-refractivity contribution in [2.75, 3.05) is 6.54 Å². The van der Waals surface area contributed by atoms with E-state index in [0.717, 1.165) is 11.3 Å². The highest BCUT2D eigenvalue weighted by molar-refractivity contribution is 5.53. The van der Waals surface area contributed by atoms with Crippen molar-refractivity contribution in [3.8, 4) is 22.9 Å². The Balaban J connectivity index is 1.59. The summed E-state index contributed by atoms with van der Waals surface area (Å²) in [4.78, 5) is 26.1. The van der Waals surface area contributed by atoms with E-state index in [4.69, 9.17) is 0 Å². The van der Waals surface area contributed by atoms with Gasteiger partial charge in [-0.25, -0.2) is 4.98 Å². The summed E-state index contributed by atoms with van der Waals surface area (Å²) in [5.74, 6) is 0.768. The van der Waals surface area contributed by atoms with Crippen LogP contribution in [0.4, 0.5) is 0 Å². The molecule has 4 rings (SSSR count). The molecule has 3 heterocycles. The highest BCUT2D eigenvalue weighted by atomic mass is 16.3. The minimum Gasteiger partial charge on any atom is -0.508 e. The summed E-state index contributed by atoms with van der Waals surface area (Å²) < 4.78 is 0. The fourth-order valence-electron chi connectivity index (χ4n) is 3.19. The molecule has 0 unspecified atom stereocenters. The third kappa shape index (κ3) is 3.16. The monoisotopic (exact) mass is 350 g/mol. The van der Waals surface area contributed by atoms with Crippen molar-refractivity contribution in [3.05, 3.63) is 69.9 Å². The number of aromatic amines is 1. The number of hydrogen-bond donors (Lipinski definition) is 3. The molecule has 1 aromatic carbocycles.